The van der Waals surface area contributed by atoms with E-state index in [0.717, 1.165) is 36.1 Å². The number of benzene rings is 2. The first-order valence-electron chi connectivity index (χ1n) is 16.8. The van der Waals surface area contributed by atoms with E-state index in [-0.39, 0.29) is 18.9 Å². The van der Waals surface area contributed by atoms with Crippen molar-refractivity contribution in [2.24, 2.45) is 5.41 Å². The minimum atomic E-state index is -1.13. The summed E-state index contributed by atoms with van der Waals surface area (Å²) in [5.41, 5.74) is 1.48. The van der Waals surface area contributed by atoms with Crippen LogP contribution >= 0.6 is 11.8 Å². The molecule has 1 aliphatic heterocycles. The number of carbonyl (C=O) groups is 2. The van der Waals surface area contributed by atoms with Gasteiger partial charge in [0.1, 0.15) is 23.5 Å². The number of hydrogen-bond donors (Lipinski definition) is 5. The maximum absolute atomic E-state index is 12.4. The topological polar surface area (TPSA) is 164 Å². The van der Waals surface area contributed by atoms with Crippen molar-refractivity contribution in [3.05, 3.63) is 77.1 Å². The number of pyridine rings is 1. The lowest BCUT2D eigenvalue weighted by Crippen LogP contribution is -2.46. The third kappa shape index (κ3) is 9.24. The van der Waals surface area contributed by atoms with Crippen LogP contribution in [0.15, 0.2) is 59.5 Å². The monoisotopic (exact) mass is 695 g/mol. The maximum atomic E-state index is 12.4. The Bertz CT molecular complexity index is 1540. The van der Waals surface area contributed by atoms with E-state index in [1.54, 1.807) is 18.2 Å². The van der Waals surface area contributed by atoms with E-state index in [4.69, 9.17) is 14.9 Å². The normalized spacial score (nSPS) is 18.5. The number of aliphatic hydroxyl groups is 2. The Morgan fingerprint density at radius 3 is 2.08 bits per heavy atom. The van der Waals surface area contributed by atoms with E-state index < -0.39 is 47.9 Å². The van der Waals surface area contributed by atoms with Gasteiger partial charge in [0.2, 0.25) is 0 Å². The van der Waals surface area contributed by atoms with Crippen molar-refractivity contribution < 1.29 is 39.9 Å². The van der Waals surface area contributed by atoms with E-state index >= 15 is 0 Å². The van der Waals surface area contributed by atoms with Gasteiger partial charge in [0, 0.05) is 42.4 Å². The summed E-state index contributed by atoms with van der Waals surface area (Å²) in [6.07, 6.45) is 3.91. The van der Waals surface area contributed by atoms with Gasteiger partial charge in [-0.1, -0.05) is 69.5 Å². The van der Waals surface area contributed by atoms with Crippen LogP contribution in [0.4, 0.5) is 5.69 Å². The molecule has 0 spiro atoms. The molecule has 0 saturated carbocycles. The molecule has 0 radical (unpaired) electrons. The van der Waals surface area contributed by atoms with Gasteiger partial charge in [-0.05, 0) is 54.8 Å². The van der Waals surface area contributed by atoms with E-state index in [9.17, 15) is 24.9 Å². The van der Waals surface area contributed by atoms with Crippen LogP contribution in [0.1, 0.15) is 80.8 Å². The Balaban J connectivity index is 1.64. The number of anilines is 1. The predicted octanol–water partition coefficient (Wildman–Crippen LogP) is 5.69. The molecule has 0 fully saturated rings. The van der Waals surface area contributed by atoms with Crippen molar-refractivity contribution in [2.45, 2.75) is 87.9 Å². The number of fused-ring (bicyclic) bond motifs is 1. The second-order valence-corrected chi connectivity index (χ2v) is 14.1. The van der Waals surface area contributed by atoms with Gasteiger partial charge in [-0.15, -0.1) is 0 Å². The van der Waals surface area contributed by atoms with Gasteiger partial charge in [-0.25, -0.2) is 0 Å². The van der Waals surface area contributed by atoms with Crippen molar-refractivity contribution in [3.63, 3.8) is 0 Å². The summed E-state index contributed by atoms with van der Waals surface area (Å²) >= 11 is 1.32. The molecule has 0 bridgehead atoms. The minimum Gasteiger partial charge on any atom is -0.505 e. The highest BCUT2D eigenvalue weighted by Gasteiger charge is 2.51. The Kier molecular flexibility index (Phi) is 13.3. The number of carboxylic acids is 2. The van der Waals surface area contributed by atoms with Gasteiger partial charge in [-0.3, -0.25) is 19.5 Å². The van der Waals surface area contributed by atoms with Gasteiger partial charge in [-0.2, -0.15) is 0 Å². The highest BCUT2D eigenvalue weighted by molar-refractivity contribution is 7.99. The highest BCUT2D eigenvalue weighted by atomic mass is 32.2. The van der Waals surface area contributed by atoms with E-state index in [1.165, 1.54) is 16.7 Å². The first-order chi connectivity index (χ1) is 23.4. The summed E-state index contributed by atoms with van der Waals surface area (Å²) in [7, 11) is 3.72. The lowest BCUT2D eigenvalue weighted by molar-refractivity contribution is -0.142. The van der Waals surface area contributed by atoms with Crippen LogP contribution in [0.3, 0.4) is 0 Å². The fraction of sp³-hybridized carbons (Fsp3) is 0.486. The van der Waals surface area contributed by atoms with Crippen LogP contribution in [-0.4, -0.2) is 86.1 Å². The van der Waals surface area contributed by atoms with Crippen LogP contribution in [-0.2, 0) is 22.7 Å². The zero-order valence-corrected chi connectivity index (χ0v) is 29.5. The Morgan fingerprint density at radius 1 is 0.898 bits per heavy atom. The fourth-order valence-corrected chi connectivity index (χ4v) is 8.00. The number of nitrogens with zero attached hydrogens (tertiary/aromatic N) is 3. The van der Waals surface area contributed by atoms with Crippen molar-refractivity contribution in [1.29, 1.82) is 0 Å². The number of unbranched alkanes of at least 4 members (excludes halogenated alkanes) is 2. The fourth-order valence-electron chi connectivity index (χ4n) is 6.65. The van der Waals surface area contributed by atoms with Crippen LogP contribution < -0.4 is 9.64 Å². The number of phenols is 1. The smallest absolute Gasteiger partial charge is 0.317 e. The number of hydrogen-bond acceptors (Lipinski definition) is 10. The molecule has 266 valence electrons. The first kappa shape index (κ1) is 38.0. The Hall–Kier alpha value is -3.84. The third-order valence-corrected chi connectivity index (χ3v) is 10.5. The number of aromatic nitrogens is 1. The van der Waals surface area contributed by atoms with Crippen LogP contribution in [0.5, 0.6) is 11.5 Å². The van der Waals surface area contributed by atoms with E-state index in [1.807, 2.05) is 55.4 Å². The molecule has 3 atom stereocenters. The van der Waals surface area contributed by atoms with Crippen LogP contribution in [0, 0.1) is 5.41 Å². The van der Waals surface area contributed by atoms with Gasteiger partial charge < -0.3 is 35.2 Å². The van der Waals surface area contributed by atoms with Crippen molar-refractivity contribution in [3.8, 4) is 11.5 Å². The molecule has 2 aromatic carbocycles. The SMILES string of the molecule is CCCCC1(CCCC)[C@H](O)[C@H](c2ccc(OCc3cccc(CN(CC(=O)O)CC(=O)O)n3)cc2)c2c(ccc(N(C)C)c2O)S[C@@H]1O. The van der Waals surface area contributed by atoms with Gasteiger partial charge in [0.25, 0.3) is 0 Å². The first-order valence-corrected chi connectivity index (χ1v) is 17.7. The average molecular weight is 696 g/mol. The average Bonchev–Trinajstić information content (AvgIpc) is 3.13. The van der Waals surface area contributed by atoms with Gasteiger partial charge in [0.15, 0.2) is 0 Å². The van der Waals surface area contributed by atoms with Crippen molar-refractivity contribution in [2.75, 3.05) is 32.1 Å². The summed E-state index contributed by atoms with van der Waals surface area (Å²) in [4.78, 5) is 30.8. The zero-order chi connectivity index (χ0) is 35.7. The van der Waals surface area contributed by atoms with Crippen LogP contribution in [0.25, 0.3) is 0 Å². The molecule has 0 saturated heterocycles. The number of thioether (sulfide) groups is 1. The zero-order valence-electron chi connectivity index (χ0n) is 28.7. The molecule has 12 heteroatoms. The Labute approximate surface area is 292 Å². The molecule has 11 nitrogen and oxygen atoms in total. The molecule has 4 rings (SSSR count). The second kappa shape index (κ2) is 17.2. The molecule has 2 heterocycles. The van der Waals surface area contributed by atoms with E-state index in [2.05, 4.69) is 18.8 Å². The number of aliphatic hydroxyl groups excluding tert-OH is 2. The molecule has 0 unspecified atom stereocenters. The van der Waals surface area contributed by atoms with Crippen molar-refractivity contribution >= 4 is 29.4 Å². The van der Waals surface area contributed by atoms with Crippen molar-refractivity contribution in [1.82, 2.24) is 9.88 Å². The number of carboxylic acid groups (broad SMARTS) is 2. The summed E-state index contributed by atoms with van der Waals surface area (Å²) in [6, 6.07) is 16.4. The number of aromatic hydroxyl groups is 1. The molecule has 3 aromatic rings. The minimum absolute atomic E-state index is 0.0553. The molecular formula is C37H49N3O8S. The van der Waals surface area contributed by atoms with Crippen LogP contribution in [0.2, 0.25) is 0 Å². The standard InChI is InChI=1S/C37H49N3O8S/c1-5-7-18-37(19-8-6-2)35(46)32(33-29(49-36(37)47)17-16-28(34(33)45)39(3)4)24-12-14-27(15-13-24)48-23-26-11-9-10-25(38-26)20-40(21-30(41)42)22-31(43)44/h9-17,32,35-36,45-47H,5-8,18-23H2,1-4H3,(H,41,42)(H,43,44)/t32-,35-,36+/m1/s1. The summed E-state index contributed by atoms with van der Waals surface area (Å²) < 4.78 is 6.06. The maximum Gasteiger partial charge on any atom is 0.317 e. The molecule has 49 heavy (non-hydrogen) atoms. The third-order valence-electron chi connectivity index (χ3n) is 9.17. The summed E-state index contributed by atoms with van der Waals surface area (Å²) in [5, 5.41) is 54.2. The predicted molar refractivity (Wildman–Crippen MR) is 189 cm³/mol. The lowest BCUT2D eigenvalue weighted by Gasteiger charge is -2.43. The highest BCUT2D eigenvalue weighted by Crippen LogP contribution is 2.57. The lowest BCUT2D eigenvalue weighted by atomic mass is 9.67. The van der Waals surface area contributed by atoms with Gasteiger partial charge >= 0.3 is 11.9 Å². The molecule has 1 aliphatic rings. The largest absolute Gasteiger partial charge is 0.505 e. The summed E-state index contributed by atoms with van der Waals surface area (Å²) in [5.74, 6) is -2.22. The number of rotatable bonds is 17. The molecule has 1 aromatic heterocycles. The molecule has 5 N–H and O–H groups in total. The summed E-state index contributed by atoms with van der Waals surface area (Å²) in [6.45, 7) is 3.54. The Morgan fingerprint density at radius 2 is 1.51 bits per heavy atom. The molecule has 0 amide bonds. The van der Waals surface area contributed by atoms with E-state index in [0.29, 0.717) is 41.2 Å². The number of phenolic OH excluding ortho intramolecular Hbond substituents is 1. The number of ether oxygens (including phenoxy) is 1. The number of aliphatic carboxylic acids is 2. The molecular weight excluding hydrogens is 646 g/mol. The van der Waals surface area contributed by atoms with Gasteiger partial charge in [0.05, 0.1) is 36.3 Å². The quantitative estimate of drug-likeness (QED) is 0.117. The molecule has 0 aliphatic carbocycles. The second-order valence-electron chi connectivity index (χ2n) is 13.0.